The van der Waals surface area contributed by atoms with E-state index < -0.39 is 22.2 Å². The summed E-state index contributed by atoms with van der Waals surface area (Å²) in [5, 5.41) is 0.451. The lowest BCUT2D eigenvalue weighted by molar-refractivity contribution is 0.0715. The van der Waals surface area contributed by atoms with E-state index in [-0.39, 0.29) is 34.8 Å². The first-order valence-electron chi connectivity index (χ1n) is 8.63. The number of halogens is 2. The van der Waals surface area contributed by atoms with Crippen LogP contribution in [0.3, 0.4) is 0 Å². The molecule has 0 bridgehead atoms. The van der Waals surface area contributed by atoms with Crippen LogP contribution >= 0.6 is 0 Å². The molecule has 0 spiro atoms. The molecule has 0 saturated carbocycles. The number of para-hydroxylation sites is 2. The fraction of sp³-hybridized carbons (Fsp3) is 0.158. The smallest absolute Gasteiger partial charge is 0.336 e. The Balaban J connectivity index is 1.55. The van der Waals surface area contributed by atoms with E-state index in [9.17, 15) is 22.0 Å². The Bertz CT molecular complexity index is 1360. The summed E-state index contributed by atoms with van der Waals surface area (Å²) >= 11 is 0. The molecule has 0 amide bonds. The summed E-state index contributed by atoms with van der Waals surface area (Å²) < 4.78 is 60.1. The van der Waals surface area contributed by atoms with Crippen molar-refractivity contribution < 1.29 is 21.6 Å². The number of sulfonamides is 1. The molecule has 1 N–H and O–H groups in total. The van der Waals surface area contributed by atoms with Crippen molar-refractivity contribution in [2.75, 3.05) is 6.54 Å². The summed E-state index contributed by atoms with van der Waals surface area (Å²) in [5.74, 6) is 0.0872. The second-order valence-electron chi connectivity index (χ2n) is 6.27. The van der Waals surface area contributed by atoms with Crippen LogP contribution < -0.4 is 10.3 Å². The topological polar surface area (TPSA) is 94.2 Å². The Labute approximate surface area is 163 Å². The Morgan fingerprint density at radius 1 is 1.10 bits per heavy atom. The minimum absolute atomic E-state index is 0.0132. The van der Waals surface area contributed by atoms with Gasteiger partial charge < -0.3 is 4.42 Å². The van der Waals surface area contributed by atoms with Gasteiger partial charge in [0.05, 0.1) is 15.9 Å². The van der Waals surface area contributed by atoms with Gasteiger partial charge in [0.15, 0.2) is 0 Å². The number of hydrogen-bond acceptors (Lipinski definition) is 5. The van der Waals surface area contributed by atoms with Crippen molar-refractivity contribution in [1.82, 2.24) is 14.3 Å². The minimum atomic E-state index is -3.89. The van der Waals surface area contributed by atoms with Crippen LogP contribution in [-0.2, 0) is 16.4 Å². The summed E-state index contributed by atoms with van der Waals surface area (Å²) in [4.78, 5) is 15.4. The molecule has 29 heavy (non-hydrogen) atoms. The average Bonchev–Trinajstić information content (AvgIpc) is 3.05. The second kappa shape index (κ2) is 7.37. The van der Waals surface area contributed by atoms with E-state index in [1.807, 2.05) is 0 Å². The molecule has 4 rings (SSSR count). The van der Waals surface area contributed by atoms with Crippen molar-refractivity contribution in [2.24, 2.45) is 0 Å². The molecular weight excluding hydrogens is 404 g/mol. The molecule has 2 heterocycles. The molecule has 0 aliphatic heterocycles. The van der Waals surface area contributed by atoms with Crippen LogP contribution in [0.4, 0.5) is 8.78 Å². The molecule has 0 unspecified atom stereocenters. The Morgan fingerprint density at radius 2 is 1.90 bits per heavy atom. The summed E-state index contributed by atoms with van der Waals surface area (Å²) in [5.41, 5.74) is 0.438. The molecule has 0 atom stereocenters. The highest BCUT2D eigenvalue weighted by molar-refractivity contribution is 7.89. The summed E-state index contributed by atoms with van der Waals surface area (Å²) in [7, 11) is -3.89. The van der Waals surface area contributed by atoms with Gasteiger partial charge in [-0.1, -0.05) is 12.1 Å². The zero-order chi connectivity index (χ0) is 20.6. The molecule has 7 nitrogen and oxygen atoms in total. The normalized spacial score (nSPS) is 12.2. The quantitative estimate of drug-likeness (QED) is 0.485. The summed E-state index contributed by atoms with van der Waals surface area (Å²) in [6.07, 6.45) is -0.0132. The van der Waals surface area contributed by atoms with E-state index in [4.69, 9.17) is 4.42 Å². The number of benzene rings is 2. The SMILES string of the molecule is O=c1ccc2cc(S(=O)(=O)NCCc3nc4ccccc4n3C(F)F)ccc2o1. The molecule has 0 aliphatic rings. The number of hydrogen-bond donors (Lipinski definition) is 1. The van der Waals surface area contributed by atoms with E-state index in [2.05, 4.69) is 9.71 Å². The lowest BCUT2D eigenvalue weighted by Gasteiger charge is -2.09. The number of fused-ring (bicyclic) bond motifs is 2. The van der Waals surface area contributed by atoms with E-state index in [1.54, 1.807) is 18.2 Å². The van der Waals surface area contributed by atoms with Crippen LogP contribution in [-0.4, -0.2) is 24.5 Å². The first kappa shape index (κ1) is 19.2. The van der Waals surface area contributed by atoms with Crippen LogP contribution in [0, 0.1) is 0 Å². The van der Waals surface area contributed by atoms with Crippen molar-refractivity contribution in [2.45, 2.75) is 17.9 Å². The molecule has 2 aromatic heterocycles. The molecular formula is C19H15F2N3O4S. The van der Waals surface area contributed by atoms with Crippen LogP contribution in [0.15, 0.2) is 68.7 Å². The largest absolute Gasteiger partial charge is 0.423 e. The Hall–Kier alpha value is -3.11. The number of nitrogens with zero attached hydrogens (tertiary/aromatic N) is 2. The van der Waals surface area contributed by atoms with Crippen LogP contribution in [0.1, 0.15) is 12.4 Å². The molecule has 0 fully saturated rings. The molecule has 2 aromatic carbocycles. The highest BCUT2D eigenvalue weighted by atomic mass is 32.2. The van der Waals surface area contributed by atoms with Gasteiger partial charge >= 0.3 is 12.2 Å². The highest BCUT2D eigenvalue weighted by Gasteiger charge is 2.19. The average molecular weight is 419 g/mol. The fourth-order valence-electron chi connectivity index (χ4n) is 3.09. The highest BCUT2D eigenvalue weighted by Crippen LogP contribution is 2.23. The lowest BCUT2D eigenvalue weighted by Crippen LogP contribution is -2.26. The molecule has 0 aliphatic carbocycles. The summed E-state index contributed by atoms with van der Waals surface area (Å²) in [6.45, 7) is -2.90. The van der Waals surface area contributed by atoms with Crippen molar-refractivity contribution in [1.29, 1.82) is 0 Å². The maximum atomic E-state index is 13.4. The minimum Gasteiger partial charge on any atom is -0.423 e. The molecule has 0 radical (unpaired) electrons. The van der Waals surface area contributed by atoms with Crippen molar-refractivity contribution in [3.8, 4) is 0 Å². The molecule has 150 valence electrons. The van der Waals surface area contributed by atoms with Gasteiger partial charge in [0.25, 0.3) is 0 Å². The third-order valence-electron chi connectivity index (χ3n) is 4.41. The van der Waals surface area contributed by atoms with Gasteiger partial charge in [0, 0.05) is 24.4 Å². The Morgan fingerprint density at radius 3 is 2.69 bits per heavy atom. The number of imidazole rings is 1. The molecule has 4 aromatic rings. The standard InChI is InChI=1S/C19H15F2N3O4S/c20-19(21)24-15-4-2-1-3-14(15)23-17(24)9-10-22-29(26,27)13-6-7-16-12(11-13)5-8-18(25)28-16/h1-8,11,19,22H,9-10H2. The van der Waals surface area contributed by atoms with E-state index in [0.717, 1.165) is 4.57 Å². The first-order valence-corrected chi connectivity index (χ1v) is 10.1. The van der Waals surface area contributed by atoms with Gasteiger partial charge in [0.1, 0.15) is 11.4 Å². The van der Waals surface area contributed by atoms with Gasteiger partial charge in [-0.3, -0.25) is 4.57 Å². The Kier molecular flexibility index (Phi) is 4.89. The van der Waals surface area contributed by atoms with E-state index in [1.165, 1.54) is 36.4 Å². The van der Waals surface area contributed by atoms with Crippen LogP contribution in [0.2, 0.25) is 0 Å². The van der Waals surface area contributed by atoms with E-state index in [0.29, 0.717) is 10.9 Å². The van der Waals surface area contributed by atoms with Crippen molar-refractivity contribution in [3.63, 3.8) is 0 Å². The third kappa shape index (κ3) is 3.76. The number of nitrogens with one attached hydrogen (secondary N) is 1. The van der Waals surface area contributed by atoms with Crippen molar-refractivity contribution in [3.05, 3.63) is 70.8 Å². The zero-order valence-corrected chi connectivity index (χ0v) is 15.7. The van der Waals surface area contributed by atoms with Crippen LogP contribution in [0.25, 0.3) is 22.0 Å². The van der Waals surface area contributed by atoms with Crippen LogP contribution in [0.5, 0.6) is 0 Å². The predicted octanol–water partition coefficient (Wildman–Crippen LogP) is 3.06. The third-order valence-corrected chi connectivity index (χ3v) is 5.86. The monoisotopic (exact) mass is 419 g/mol. The molecule has 0 saturated heterocycles. The maximum absolute atomic E-state index is 13.4. The first-order chi connectivity index (χ1) is 13.8. The van der Waals surface area contributed by atoms with Gasteiger partial charge in [-0.25, -0.2) is 22.9 Å². The lowest BCUT2D eigenvalue weighted by atomic mass is 10.2. The van der Waals surface area contributed by atoms with Gasteiger partial charge in [0.2, 0.25) is 10.0 Å². The number of rotatable bonds is 6. The van der Waals surface area contributed by atoms with Crippen molar-refractivity contribution >= 4 is 32.0 Å². The van der Waals surface area contributed by atoms with Gasteiger partial charge in [-0.05, 0) is 36.4 Å². The number of alkyl halides is 2. The second-order valence-corrected chi connectivity index (χ2v) is 8.03. The zero-order valence-electron chi connectivity index (χ0n) is 14.9. The number of aromatic nitrogens is 2. The van der Waals surface area contributed by atoms with Gasteiger partial charge in [-0.2, -0.15) is 8.78 Å². The van der Waals surface area contributed by atoms with Gasteiger partial charge in [-0.15, -0.1) is 0 Å². The fourth-order valence-corrected chi connectivity index (χ4v) is 4.15. The molecule has 10 heteroatoms. The maximum Gasteiger partial charge on any atom is 0.336 e. The van der Waals surface area contributed by atoms with E-state index >= 15 is 0 Å². The predicted molar refractivity (Wildman–Crippen MR) is 102 cm³/mol. The summed E-state index contributed by atoms with van der Waals surface area (Å²) in [6, 6.07) is 13.2.